The van der Waals surface area contributed by atoms with Gasteiger partial charge in [0.15, 0.2) is 0 Å². The van der Waals surface area contributed by atoms with Crippen LogP contribution < -0.4 is 5.32 Å². The van der Waals surface area contributed by atoms with E-state index in [0.29, 0.717) is 5.56 Å². The molecular formula is C15H13ClFNO. The van der Waals surface area contributed by atoms with Gasteiger partial charge in [0.1, 0.15) is 5.82 Å². The number of halogens is 2. The van der Waals surface area contributed by atoms with Crippen LogP contribution in [-0.2, 0) is 0 Å². The van der Waals surface area contributed by atoms with Crippen LogP contribution in [-0.4, -0.2) is 5.91 Å². The Morgan fingerprint density at radius 3 is 2.53 bits per heavy atom. The summed E-state index contributed by atoms with van der Waals surface area (Å²) in [5.41, 5.74) is 1.35. The lowest BCUT2D eigenvalue weighted by atomic mass is 10.1. The Morgan fingerprint density at radius 1 is 1.21 bits per heavy atom. The van der Waals surface area contributed by atoms with Gasteiger partial charge < -0.3 is 5.32 Å². The molecule has 0 bridgehead atoms. The lowest BCUT2D eigenvalue weighted by molar-refractivity contribution is 0.0940. The Labute approximate surface area is 116 Å². The Morgan fingerprint density at radius 2 is 1.89 bits per heavy atom. The monoisotopic (exact) mass is 277 g/mol. The zero-order valence-corrected chi connectivity index (χ0v) is 11.1. The van der Waals surface area contributed by atoms with Crippen molar-refractivity contribution in [1.29, 1.82) is 0 Å². The number of hydrogen-bond donors (Lipinski definition) is 1. The first-order valence-electron chi connectivity index (χ1n) is 5.89. The van der Waals surface area contributed by atoms with E-state index in [1.165, 1.54) is 18.2 Å². The van der Waals surface area contributed by atoms with E-state index in [0.717, 1.165) is 5.56 Å². The Kier molecular flexibility index (Phi) is 4.17. The fourth-order valence-corrected chi connectivity index (χ4v) is 1.92. The lowest BCUT2D eigenvalue weighted by Gasteiger charge is -2.14. The minimum Gasteiger partial charge on any atom is -0.346 e. The van der Waals surface area contributed by atoms with Crippen molar-refractivity contribution in [2.45, 2.75) is 13.0 Å². The van der Waals surface area contributed by atoms with E-state index in [-0.39, 0.29) is 17.0 Å². The molecule has 2 aromatic carbocycles. The Hall–Kier alpha value is -1.87. The van der Waals surface area contributed by atoms with Crippen molar-refractivity contribution in [2.75, 3.05) is 0 Å². The number of rotatable bonds is 3. The third kappa shape index (κ3) is 3.32. The first-order chi connectivity index (χ1) is 9.08. The largest absolute Gasteiger partial charge is 0.346 e. The first-order valence-corrected chi connectivity index (χ1v) is 6.26. The van der Waals surface area contributed by atoms with Gasteiger partial charge in [0.2, 0.25) is 0 Å². The Balaban J connectivity index is 2.11. The van der Waals surface area contributed by atoms with E-state index in [2.05, 4.69) is 5.32 Å². The number of carbonyl (C=O) groups is 1. The summed E-state index contributed by atoms with van der Waals surface area (Å²) in [6, 6.07) is 13.4. The lowest BCUT2D eigenvalue weighted by Crippen LogP contribution is -2.26. The molecule has 0 heterocycles. The predicted molar refractivity (Wildman–Crippen MR) is 73.7 cm³/mol. The number of benzene rings is 2. The highest BCUT2D eigenvalue weighted by Crippen LogP contribution is 2.17. The average Bonchev–Trinajstić information content (AvgIpc) is 2.42. The highest BCUT2D eigenvalue weighted by molar-refractivity contribution is 6.31. The molecule has 0 fully saturated rings. The van der Waals surface area contributed by atoms with Crippen molar-refractivity contribution in [3.63, 3.8) is 0 Å². The predicted octanol–water partition coefficient (Wildman–Crippen LogP) is 3.97. The van der Waals surface area contributed by atoms with Crippen LogP contribution in [0.1, 0.15) is 28.9 Å². The molecule has 1 unspecified atom stereocenters. The summed E-state index contributed by atoms with van der Waals surface area (Å²) in [6.07, 6.45) is 0. The summed E-state index contributed by atoms with van der Waals surface area (Å²) in [7, 11) is 0. The molecule has 1 atom stereocenters. The molecule has 0 spiro atoms. The average molecular weight is 278 g/mol. The number of carbonyl (C=O) groups excluding carboxylic acids is 1. The molecule has 1 amide bonds. The second-order valence-electron chi connectivity index (χ2n) is 4.23. The van der Waals surface area contributed by atoms with Gasteiger partial charge in [-0.05, 0) is 30.7 Å². The van der Waals surface area contributed by atoms with Crippen LogP contribution in [0, 0.1) is 5.82 Å². The molecule has 0 aliphatic carbocycles. The van der Waals surface area contributed by atoms with Gasteiger partial charge in [0.25, 0.3) is 5.91 Å². The molecule has 0 saturated heterocycles. The minimum absolute atomic E-state index is 0.0555. The van der Waals surface area contributed by atoms with Crippen molar-refractivity contribution >= 4 is 17.5 Å². The fourth-order valence-electron chi connectivity index (χ4n) is 1.74. The van der Waals surface area contributed by atoms with Crippen molar-refractivity contribution in [3.05, 3.63) is 70.5 Å². The molecule has 19 heavy (non-hydrogen) atoms. The van der Waals surface area contributed by atoms with Gasteiger partial charge in [0.05, 0.1) is 11.1 Å². The maximum atomic E-state index is 13.0. The van der Waals surface area contributed by atoms with E-state index in [9.17, 15) is 9.18 Å². The van der Waals surface area contributed by atoms with Crippen molar-refractivity contribution in [3.8, 4) is 0 Å². The highest BCUT2D eigenvalue weighted by atomic mass is 35.5. The number of amides is 1. The molecule has 0 saturated carbocycles. The fraction of sp³-hybridized carbons (Fsp3) is 0.133. The van der Waals surface area contributed by atoms with Gasteiger partial charge in [-0.3, -0.25) is 4.79 Å². The van der Waals surface area contributed by atoms with Crippen molar-refractivity contribution < 1.29 is 9.18 Å². The zero-order valence-electron chi connectivity index (χ0n) is 10.4. The molecule has 2 aromatic rings. The van der Waals surface area contributed by atoms with Crippen LogP contribution in [0.5, 0.6) is 0 Å². The first kappa shape index (κ1) is 13.6. The normalized spacial score (nSPS) is 11.9. The summed E-state index contributed by atoms with van der Waals surface area (Å²) in [6.45, 7) is 1.89. The minimum atomic E-state index is -0.533. The summed E-state index contributed by atoms with van der Waals surface area (Å²) in [5, 5.41) is 2.78. The maximum Gasteiger partial charge on any atom is 0.251 e. The van der Waals surface area contributed by atoms with Gasteiger partial charge in [0, 0.05) is 5.56 Å². The van der Waals surface area contributed by atoms with E-state index in [1.807, 2.05) is 37.3 Å². The van der Waals surface area contributed by atoms with E-state index in [4.69, 9.17) is 11.6 Å². The van der Waals surface area contributed by atoms with Gasteiger partial charge >= 0.3 is 0 Å². The Bertz CT molecular complexity index is 586. The molecule has 2 rings (SSSR count). The molecule has 0 aliphatic rings. The van der Waals surface area contributed by atoms with Crippen molar-refractivity contribution in [1.82, 2.24) is 5.32 Å². The smallest absolute Gasteiger partial charge is 0.251 e. The number of nitrogens with one attached hydrogen (secondary N) is 1. The molecule has 1 N–H and O–H groups in total. The van der Waals surface area contributed by atoms with Crippen LogP contribution in [0.25, 0.3) is 0 Å². The van der Waals surface area contributed by atoms with Crippen LogP contribution in [0.3, 0.4) is 0 Å². The van der Waals surface area contributed by atoms with Crippen molar-refractivity contribution in [2.24, 2.45) is 0 Å². The summed E-state index contributed by atoms with van der Waals surface area (Å²) < 4.78 is 13.0. The molecule has 0 aromatic heterocycles. The summed E-state index contributed by atoms with van der Waals surface area (Å²) >= 11 is 5.66. The van der Waals surface area contributed by atoms with Gasteiger partial charge in [-0.2, -0.15) is 0 Å². The van der Waals surface area contributed by atoms with Crippen LogP contribution >= 0.6 is 11.6 Å². The van der Waals surface area contributed by atoms with E-state index < -0.39 is 5.82 Å². The molecule has 0 radical (unpaired) electrons. The third-order valence-electron chi connectivity index (χ3n) is 2.83. The summed E-state index contributed by atoms with van der Waals surface area (Å²) in [5.74, 6) is -0.812. The standard InChI is InChI=1S/C15H13ClFNO/c1-10(11-5-3-2-4-6-11)18-15(19)12-7-8-14(17)13(16)9-12/h2-10H,1H3,(H,18,19). The maximum absolute atomic E-state index is 13.0. The number of hydrogen-bond acceptors (Lipinski definition) is 1. The molecule has 4 heteroatoms. The molecule has 0 aliphatic heterocycles. The second-order valence-corrected chi connectivity index (χ2v) is 4.64. The van der Waals surface area contributed by atoms with Gasteiger partial charge in [-0.25, -0.2) is 4.39 Å². The van der Waals surface area contributed by atoms with Crippen LogP contribution in [0.4, 0.5) is 4.39 Å². The third-order valence-corrected chi connectivity index (χ3v) is 3.12. The summed E-state index contributed by atoms with van der Waals surface area (Å²) in [4.78, 5) is 12.0. The van der Waals surface area contributed by atoms with Gasteiger partial charge in [-0.15, -0.1) is 0 Å². The zero-order chi connectivity index (χ0) is 13.8. The SMILES string of the molecule is CC(NC(=O)c1ccc(F)c(Cl)c1)c1ccccc1. The van der Waals surface area contributed by atoms with Gasteiger partial charge in [-0.1, -0.05) is 41.9 Å². The topological polar surface area (TPSA) is 29.1 Å². The van der Waals surface area contributed by atoms with Crippen LogP contribution in [0.15, 0.2) is 48.5 Å². The second kappa shape index (κ2) is 5.85. The van der Waals surface area contributed by atoms with E-state index >= 15 is 0 Å². The van der Waals surface area contributed by atoms with E-state index in [1.54, 1.807) is 0 Å². The molecule has 98 valence electrons. The highest BCUT2D eigenvalue weighted by Gasteiger charge is 2.12. The van der Waals surface area contributed by atoms with Crippen LogP contribution in [0.2, 0.25) is 5.02 Å². The molecule has 2 nitrogen and oxygen atoms in total. The molecular weight excluding hydrogens is 265 g/mol. The quantitative estimate of drug-likeness (QED) is 0.904.